The van der Waals surface area contributed by atoms with Crippen molar-refractivity contribution < 1.29 is 14.3 Å². The monoisotopic (exact) mass is 361 g/mol. The summed E-state index contributed by atoms with van der Waals surface area (Å²) in [5.41, 5.74) is 1.10. The van der Waals surface area contributed by atoms with E-state index in [9.17, 15) is 4.79 Å². The zero-order valence-electron chi connectivity index (χ0n) is 14.0. The molecule has 0 N–H and O–H groups in total. The lowest BCUT2D eigenvalue weighted by Gasteiger charge is -2.05. The van der Waals surface area contributed by atoms with Crippen molar-refractivity contribution in [2.75, 3.05) is 0 Å². The maximum Gasteiger partial charge on any atom is 0.363 e. The molecule has 0 radical (unpaired) electrons. The fraction of sp³-hybridized carbons (Fsp3) is 0.0476. The molecule has 4 nitrogen and oxygen atoms in total. The van der Waals surface area contributed by atoms with Gasteiger partial charge in [0.15, 0.2) is 5.70 Å². The minimum Gasteiger partial charge on any atom is -0.457 e. The molecule has 0 bridgehead atoms. The molecule has 0 saturated heterocycles. The van der Waals surface area contributed by atoms with E-state index in [4.69, 9.17) is 9.47 Å². The molecule has 1 aliphatic rings. The number of nitrogens with zero attached hydrogens (tertiary/aromatic N) is 1. The third-order valence-electron chi connectivity index (χ3n) is 3.71. The first-order chi connectivity index (χ1) is 12.7. The van der Waals surface area contributed by atoms with Crippen molar-refractivity contribution in [1.82, 2.24) is 0 Å². The highest BCUT2D eigenvalue weighted by Gasteiger charge is 2.25. The highest BCUT2D eigenvalue weighted by molar-refractivity contribution is 7.14. The van der Waals surface area contributed by atoms with Gasteiger partial charge in [-0.2, -0.15) is 0 Å². The van der Waals surface area contributed by atoms with Crippen LogP contribution in [0.1, 0.15) is 15.3 Å². The Morgan fingerprint density at radius 1 is 1.00 bits per heavy atom. The van der Waals surface area contributed by atoms with Crippen molar-refractivity contribution in [3.8, 4) is 11.5 Å². The second-order valence-corrected chi connectivity index (χ2v) is 7.02. The number of carbonyl (C=O) groups is 1. The summed E-state index contributed by atoms with van der Waals surface area (Å²) in [6, 6.07) is 20.9. The number of hydrogen-bond acceptors (Lipinski definition) is 5. The number of hydrogen-bond donors (Lipinski definition) is 0. The number of ether oxygens (including phenoxy) is 2. The second-order valence-electron chi connectivity index (χ2n) is 5.73. The predicted molar refractivity (Wildman–Crippen MR) is 103 cm³/mol. The Labute approximate surface area is 155 Å². The molecule has 0 spiro atoms. The van der Waals surface area contributed by atoms with Crippen LogP contribution in [0.4, 0.5) is 0 Å². The summed E-state index contributed by atoms with van der Waals surface area (Å²) < 4.78 is 11.1. The number of benzene rings is 2. The fourth-order valence-corrected chi connectivity index (χ4v) is 3.31. The van der Waals surface area contributed by atoms with E-state index < -0.39 is 5.97 Å². The standard InChI is InChI=1S/C21H15NO3S/c1-14-10-11-19(26-14)20-22-18(21(23)25-20)13-15-6-5-9-17(12-15)24-16-7-3-2-4-8-16/h2-13H,1H3/b18-13+. The minimum absolute atomic E-state index is 0.280. The molecule has 2 heterocycles. The third kappa shape index (κ3) is 3.58. The number of carbonyl (C=O) groups excluding carboxylic acids is 1. The van der Waals surface area contributed by atoms with Gasteiger partial charge in [0.1, 0.15) is 11.5 Å². The van der Waals surface area contributed by atoms with Crippen LogP contribution in [-0.4, -0.2) is 11.9 Å². The van der Waals surface area contributed by atoms with Gasteiger partial charge in [0.05, 0.1) is 4.88 Å². The summed E-state index contributed by atoms with van der Waals surface area (Å²) in [4.78, 5) is 18.4. The molecule has 26 heavy (non-hydrogen) atoms. The molecule has 3 aromatic rings. The van der Waals surface area contributed by atoms with Crippen molar-refractivity contribution in [3.05, 3.63) is 87.7 Å². The van der Waals surface area contributed by atoms with Crippen LogP contribution < -0.4 is 4.74 Å². The second kappa shape index (κ2) is 6.98. The fourth-order valence-electron chi connectivity index (χ4n) is 2.51. The number of aryl methyl sites for hydroxylation is 1. The van der Waals surface area contributed by atoms with Crippen molar-refractivity contribution in [1.29, 1.82) is 0 Å². The van der Waals surface area contributed by atoms with E-state index in [1.54, 1.807) is 17.4 Å². The van der Waals surface area contributed by atoms with Crippen LogP contribution in [0.2, 0.25) is 0 Å². The molecule has 0 aliphatic carbocycles. The predicted octanol–water partition coefficient (Wildman–Crippen LogP) is 5.19. The lowest BCUT2D eigenvalue weighted by molar-refractivity contribution is -0.129. The quantitative estimate of drug-likeness (QED) is 0.474. The number of esters is 1. The van der Waals surface area contributed by atoms with Gasteiger partial charge in [-0.15, -0.1) is 11.3 Å². The van der Waals surface area contributed by atoms with Crippen LogP contribution in [0, 0.1) is 6.92 Å². The molecular formula is C21H15NO3S. The summed E-state index contributed by atoms with van der Waals surface area (Å²) in [5.74, 6) is 1.36. The highest BCUT2D eigenvalue weighted by Crippen LogP contribution is 2.26. The van der Waals surface area contributed by atoms with Gasteiger partial charge >= 0.3 is 5.97 Å². The molecule has 0 amide bonds. The number of thiophene rings is 1. The Balaban J connectivity index is 1.59. The average molecular weight is 361 g/mol. The van der Waals surface area contributed by atoms with Gasteiger partial charge in [-0.05, 0) is 55.0 Å². The molecule has 4 rings (SSSR count). The molecular weight excluding hydrogens is 346 g/mol. The topological polar surface area (TPSA) is 47.9 Å². The van der Waals surface area contributed by atoms with Crippen molar-refractivity contribution >= 4 is 29.3 Å². The molecule has 0 atom stereocenters. The SMILES string of the molecule is Cc1ccc(C2=N/C(=C/c3cccc(Oc4ccccc4)c3)C(=O)O2)s1. The Morgan fingerprint density at radius 2 is 1.81 bits per heavy atom. The van der Waals surface area contributed by atoms with Crippen LogP contribution in [0.5, 0.6) is 11.5 Å². The Kier molecular flexibility index (Phi) is 4.37. The first-order valence-electron chi connectivity index (χ1n) is 8.10. The lowest BCUT2D eigenvalue weighted by atomic mass is 10.2. The minimum atomic E-state index is -0.444. The van der Waals surface area contributed by atoms with E-state index >= 15 is 0 Å². The van der Waals surface area contributed by atoms with Crippen LogP contribution >= 0.6 is 11.3 Å². The molecule has 128 valence electrons. The number of aliphatic imine (C=N–C) groups is 1. The van der Waals surface area contributed by atoms with E-state index in [0.717, 1.165) is 21.1 Å². The number of cyclic esters (lactones) is 1. The summed E-state index contributed by atoms with van der Waals surface area (Å²) in [7, 11) is 0. The molecule has 0 saturated carbocycles. The largest absolute Gasteiger partial charge is 0.457 e. The van der Waals surface area contributed by atoms with E-state index in [1.807, 2.05) is 73.7 Å². The van der Waals surface area contributed by atoms with E-state index in [2.05, 4.69) is 4.99 Å². The molecule has 1 aliphatic heterocycles. The first-order valence-corrected chi connectivity index (χ1v) is 8.91. The molecule has 1 aromatic heterocycles. The molecule has 2 aromatic carbocycles. The maximum atomic E-state index is 12.1. The lowest BCUT2D eigenvalue weighted by Crippen LogP contribution is -2.03. The summed E-state index contributed by atoms with van der Waals surface area (Å²) in [6.45, 7) is 2.00. The third-order valence-corrected chi connectivity index (χ3v) is 4.70. The summed E-state index contributed by atoms with van der Waals surface area (Å²) in [6.07, 6.45) is 1.70. The van der Waals surface area contributed by atoms with E-state index in [0.29, 0.717) is 11.6 Å². The average Bonchev–Trinajstić information content (AvgIpc) is 3.22. The van der Waals surface area contributed by atoms with Gasteiger partial charge in [-0.1, -0.05) is 30.3 Å². The van der Waals surface area contributed by atoms with Crippen LogP contribution in [0.15, 0.2) is 77.4 Å². The van der Waals surface area contributed by atoms with Gasteiger partial charge in [-0.3, -0.25) is 0 Å². The summed E-state index contributed by atoms with van der Waals surface area (Å²) >= 11 is 1.54. The first kappa shape index (κ1) is 16.3. The van der Waals surface area contributed by atoms with Crippen LogP contribution in [0.25, 0.3) is 6.08 Å². The summed E-state index contributed by atoms with van der Waals surface area (Å²) in [5, 5.41) is 0. The van der Waals surface area contributed by atoms with Crippen molar-refractivity contribution in [2.24, 2.45) is 4.99 Å². The van der Waals surface area contributed by atoms with Gasteiger partial charge < -0.3 is 9.47 Å². The van der Waals surface area contributed by atoms with Gasteiger partial charge in [-0.25, -0.2) is 9.79 Å². The van der Waals surface area contributed by atoms with Crippen molar-refractivity contribution in [2.45, 2.75) is 6.92 Å². The van der Waals surface area contributed by atoms with Gasteiger partial charge in [0, 0.05) is 4.88 Å². The highest BCUT2D eigenvalue weighted by atomic mass is 32.1. The van der Waals surface area contributed by atoms with Gasteiger partial charge in [0.2, 0.25) is 5.90 Å². The zero-order chi connectivity index (χ0) is 17.9. The van der Waals surface area contributed by atoms with E-state index in [-0.39, 0.29) is 5.70 Å². The van der Waals surface area contributed by atoms with Crippen LogP contribution in [-0.2, 0) is 9.53 Å². The Hall–Kier alpha value is -3.18. The molecule has 5 heteroatoms. The van der Waals surface area contributed by atoms with E-state index in [1.165, 1.54) is 0 Å². The Bertz CT molecular complexity index is 1020. The van der Waals surface area contributed by atoms with Gasteiger partial charge in [0.25, 0.3) is 0 Å². The molecule has 0 fully saturated rings. The maximum absolute atomic E-state index is 12.1. The van der Waals surface area contributed by atoms with Crippen molar-refractivity contribution in [3.63, 3.8) is 0 Å². The smallest absolute Gasteiger partial charge is 0.363 e. The number of rotatable bonds is 4. The number of para-hydroxylation sites is 1. The van der Waals surface area contributed by atoms with Crippen LogP contribution in [0.3, 0.4) is 0 Å². The molecule has 0 unspecified atom stereocenters. The Morgan fingerprint density at radius 3 is 2.58 bits per heavy atom. The normalized spacial score (nSPS) is 15.0. The zero-order valence-corrected chi connectivity index (χ0v) is 14.8.